The van der Waals surface area contributed by atoms with Crippen molar-refractivity contribution in [3.05, 3.63) is 46.3 Å². The van der Waals surface area contributed by atoms with E-state index >= 15 is 0 Å². The van der Waals surface area contributed by atoms with Crippen LogP contribution < -0.4 is 4.74 Å². The predicted octanol–water partition coefficient (Wildman–Crippen LogP) is 5.75. The molecule has 1 N–H and O–H groups in total. The van der Waals surface area contributed by atoms with Gasteiger partial charge in [-0.3, -0.25) is 9.59 Å². The molecule has 0 unspecified atom stereocenters. The molecule has 0 aliphatic heterocycles. The first-order valence-electron chi connectivity index (χ1n) is 8.64. The molecule has 0 saturated carbocycles. The molecule has 0 amide bonds. The lowest BCUT2D eigenvalue weighted by Gasteiger charge is -2.14. The Bertz CT molecular complexity index is 1020. The highest BCUT2D eigenvalue weighted by atomic mass is 35.6. The average molecular weight is 598 g/mol. The zero-order chi connectivity index (χ0) is 24.8. The Morgan fingerprint density at radius 3 is 2.06 bits per heavy atom. The highest BCUT2D eigenvalue weighted by Gasteiger charge is 2.33. The van der Waals surface area contributed by atoms with Crippen LogP contribution >= 0.6 is 81.2 Å². The number of carbonyl (C=O) groups excluding carboxylic acids is 1. The third-order valence-corrected chi connectivity index (χ3v) is 4.75. The van der Waals surface area contributed by atoms with Gasteiger partial charge in [0.15, 0.2) is 17.5 Å². The van der Waals surface area contributed by atoms with E-state index in [1.165, 1.54) is 6.08 Å². The molecule has 2 aromatic rings. The van der Waals surface area contributed by atoms with Crippen LogP contribution in [0.2, 0.25) is 5.02 Å². The summed E-state index contributed by atoms with van der Waals surface area (Å²) in [6.07, 6.45) is 2.34. The number of aliphatic carboxylic acids is 1. The number of rotatable bonds is 8. The molecule has 33 heavy (non-hydrogen) atoms. The fourth-order valence-electron chi connectivity index (χ4n) is 2.11. The van der Waals surface area contributed by atoms with E-state index in [2.05, 4.69) is 15.0 Å². The Labute approximate surface area is 222 Å². The Morgan fingerprint density at radius 1 is 0.939 bits per heavy atom. The first-order valence-corrected chi connectivity index (χ1v) is 11.3. The number of carbonyl (C=O) groups is 2. The van der Waals surface area contributed by atoms with Crippen LogP contribution in [0.3, 0.4) is 0 Å². The fraction of sp³-hybridized carbons (Fsp3) is 0.278. The molecular formula is C18H12Cl7N3O5. The Morgan fingerprint density at radius 2 is 1.55 bits per heavy atom. The van der Waals surface area contributed by atoms with Crippen LogP contribution in [0.15, 0.2) is 18.2 Å². The fourth-order valence-corrected chi connectivity index (χ4v) is 2.86. The van der Waals surface area contributed by atoms with Gasteiger partial charge < -0.3 is 14.6 Å². The molecule has 8 nitrogen and oxygen atoms in total. The highest BCUT2D eigenvalue weighted by Crippen LogP contribution is 2.40. The van der Waals surface area contributed by atoms with Gasteiger partial charge in [0, 0.05) is 0 Å². The number of aromatic nitrogens is 3. The topological polar surface area (TPSA) is 112 Å². The molecule has 0 aliphatic rings. The van der Waals surface area contributed by atoms with Gasteiger partial charge in [0.05, 0.1) is 5.02 Å². The number of esters is 1. The summed E-state index contributed by atoms with van der Waals surface area (Å²) in [5, 5.41) is 8.75. The first-order chi connectivity index (χ1) is 15.3. The summed E-state index contributed by atoms with van der Waals surface area (Å²) in [4.78, 5) is 33.5. The van der Waals surface area contributed by atoms with Gasteiger partial charge in [0.25, 0.3) is 0 Å². The molecule has 0 aliphatic carbocycles. The lowest BCUT2D eigenvalue weighted by molar-refractivity contribution is -0.151. The minimum atomic E-state index is -1.97. The molecule has 1 aromatic heterocycles. The summed E-state index contributed by atoms with van der Waals surface area (Å²) >= 11 is 41.2. The van der Waals surface area contributed by atoms with Crippen LogP contribution in [0, 0.1) is 0 Å². The summed E-state index contributed by atoms with van der Waals surface area (Å²) < 4.78 is 6.19. The van der Waals surface area contributed by atoms with Crippen molar-refractivity contribution < 1.29 is 24.2 Å². The molecule has 0 atom stereocenters. The van der Waals surface area contributed by atoms with Crippen molar-refractivity contribution in [3.63, 3.8) is 0 Å². The Kier molecular flexibility index (Phi) is 10.1. The van der Waals surface area contributed by atoms with Gasteiger partial charge in [-0.05, 0) is 23.8 Å². The van der Waals surface area contributed by atoms with Crippen molar-refractivity contribution in [3.8, 4) is 5.75 Å². The monoisotopic (exact) mass is 595 g/mol. The smallest absolute Gasteiger partial charge is 0.317 e. The van der Waals surface area contributed by atoms with Gasteiger partial charge in [0.1, 0.15) is 25.4 Å². The van der Waals surface area contributed by atoms with E-state index in [1.807, 2.05) is 0 Å². The lowest BCUT2D eigenvalue weighted by Crippen LogP contribution is -2.16. The molecule has 0 radical (unpaired) electrons. The van der Waals surface area contributed by atoms with Gasteiger partial charge >= 0.3 is 11.9 Å². The number of nitrogens with zero attached hydrogens (tertiary/aromatic N) is 3. The van der Waals surface area contributed by atoms with E-state index in [0.717, 1.165) is 0 Å². The van der Waals surface area contributed by atoms with Crippen molar-refractivity contribution in [2.24, 2.45) is 0 Å². The second-order valence-corrected chi connectivity index (χ2v) is 11.0. The van der Waals surface area contributed by atoms with Gasteiger partial charge in [-0.1, -0.05) is 93.3 Å². The number of halogens is 7. The maximum Gasteiger partial charge on any atom is 0.317 e. The van der Waals surface area contributed by atoms with Gasteiger partial charge in [-0.25, -0.2) is 15.0 Å². The maximum absolute atomic E-state index is 11.2. The number of ether oxygens (including phenoxy) is 2. The van der Waals surface area contributed by atoms with Crippen LogP contribution in [0.1, 0.15) is 29.5 Å². The maximum atomic E-state index is 11.2. The second kappa shape index (κ2) is 11.9. The molecule has 0 saturated heterocycles. The summed E-state index contributed by atoms with van der Waals surface area (Å²) in [6.45, 7) is -0.161. The molecule has 2 rings (SSSR count). The van der Waals surface area contributed by atoms with E-state index < -0.39 is 25.9 Å². The molecule has 1 aromatic carbocycles. The zero-order valence-corrected chi connectivity index (χ0v) is 21.4. The van der Waals surface area contributed by atoms with Crippen LogP contribution in [0.4, 0.5) is 0 Å². The molecule has 1 heterocycles. The van der Waals surface area contributed by atoms with Gasteiger partial charge in [-0.15, -0.1) is 0 Å². The molecule has 178 valence electrons. The summed E-state index contributed by atoms with van der Waals surface area (Å²) in [6, 6.07) is 4.83. The predicted molar refractivity (Wildman–Crippen MR) is 127 cm³/mol. The molecule has 0 spiro atoms. The SMILES string of the molecule is O=C(O)CC(=O)OCCOc1ccc(C=Cc2nc(C(Cl)(Cl)Cl)nc(C(Cl)(Cl)Cl)n2)cc1Cl. The number of hydrogen-bond acceptors (Lipinski definition) is 7. The normalized spacial score (nSPS) is 12.1. The van der Waals surface area contributed by atoms with Crippen molar-refractivity contribution in [2.75, 3.05) is 13.2 Å². The second-order valence-electron chi connectivity index (χ2n) is 6.00. The number of carboxylic acids is 1. The molecule has 0 fully saturated rings. The van der Waals surface area contributed by atoms with Crippen LogP contribution in [0.5, 0.6) is 5.75 Å². The van der Waals surface area contributed by atoms with Crippen LogP contribution in [0.25, 0.3) is 12.2 Å². The third-order valence-electron chi connectivity index (χ3n) is 3.44. The number of benzene rings is 1. The number of carboxylic acid groups (broad SMARTS) is 1. The van der Waals surface area contributed by atoms with E-state index in [1.54, 1.807) is 24.3 Å². The first kappa shape index (κ1) is 28.0. The van der Waals surface area contributed by atoms with Crippen LogP contribution in [-0.2, 0) is 21.9 Å². The zero-order valence-electron chi connectivity index (χ0n) is 16.1. The number of hydrogen-bond donors (Lipinski definition) is 1. The average Bonchev–Trinajstić information content (AvgIpc) is 2.68. The summed E-state index contributed by atoms with van der Waals surface area (Å²) in [5.41, 5.74) is 0.631. The summed E-state index contributed by atoms with van der Waals surface area (Å²) in [7, 11) is 0. The Hall–Kier alpha value is -1.26. The van der Waals surface area contributed by atoms with Crippen molar-refractivity contribution >= 4 is 105 Å². The molecule has 0 bridgehead atoms. The molecule has 15 heteroatoms. The quantitative estimate of drug-likeness (QED) is 0.177. The van der Waals surface area contributed by atoms with Crippen LogP contribution in [-0.4, -0.2) is 45.2 Å². The lowest BCUT2D eigenvalue weighted by atomic mass is 10.2. The minimum Gasteiger partial charge on any atom is -0.488 e. The van der Waals surface area contributed by atoms with E-state index in [9.17, 15) is 9.59 Å². The highest BCUT2D eigenvalue weighted by molar-refractivity contribution is 6.67. The van der Waals surface area contributed by atoms with E-state index in [0.29, 0.717) is 11.3 Å². The third kappa shape index (κ3) is 9.48. The molecular weight excluding hydrogens is 586 g/mol. The largest absolute Gasteiger partial charge is 0.488 e. The van der Waals surface area contributed by atoms with Gasteiger partial charge in [0.2, 0.25) is 7.59 Å². The van der Waals surface area contributed by atoms with Crippen molar-refractivity contribution in [2.45, 2.75) is 14.0 Å². The van der Waals surface area contributed by atoms with Gasteiger partial charge in [-0.2, -0.15) is 0 Å². The number of alkyl halides is 6. The summed E-state index contributed by atoms with van der Waals surface area (Å²) in [5.74, 6) is -2.22. The van der Waals surface area contributed by atoms with E-state index in [-0.39, 0.29) is 35.7 Å². The van der Waals surface area contributed by atoms with Crippen molar-refractivity contribution in [1.82, 2.24) is 15.0 Å². The van der Waals surface area contributed by atoms with E-state index in [4.69, 9.17) is 95.8 Å². The van der Waals surface area contributed by atoms with Crippen molar-refractivity contribution in [1.29, 1.82) is 0 Å². The minimum absolute atomic E-state index is 0.0231. The standard InChI is InChI=1S/C18H12Cl7N3O5/c19-10-7-9(1-3-11(10)32-5-6-33-14(31)8-13(29)30)2-4-12-26-15(17(20,21)22)28-16(27-12)18(23,24)25/h1-4,7H,5-6,8H2,(H,29,30). The Balaban J connectivity index is 2.09.